The second kappa shape index (κ2) is 8.70. The number of unbranched alkanes of at least 4 members (excludes halogenated alkanes) is 3. The molecular weight excluding hydrogens is 242 g/mol. The minimum absolute atomic E-state index is 0.607. The first-order valence-electron chi connectivity index (χ1n) is 7.34. The largest absolute Gasteiger partial charge is 0.363 e. The molecule has 1 fully saturated rings. The third kappa shape index (κ3) is 5.53. The van der Waals surface area contributed by atoms with Crippen molar-refractivity contribution in [2.24, 2.45) is 0 Å². The predicted octanol–water partition coefficient (Wildman–Crippen LogP) is 2.47. The van der Waals surface area contributed by atoms with Crippen molar-refractivity contribution in [1.29, 1.82) is 0 Å². The lowest BCUT2D eigenvalue weighted by molar-refractivity contribution is 0.283. The summed E-state index contributed by atoms with van der Waals surface area (Å²) in [4.78, 5) is 4.64. The highest BCUT2D eigenvalue weighted by atomic mass is 32.1. The third-order valence-electron chi connectivity index (χ3n) is 3.52. The van der Waals surface area contributed by atoms with Gasteiger partial charge in [0.25, 0.3) is 0 Å². The van der Waals surface area contributed by atoms with E-state index in [0.717, 1.165) is 24.7 Å². The van der Waals surface area contributed by atoms with E-state index < -0.39 is 0 Å². The molecule has 0 aromatic carbocycles. The van der Waals surface area contributed by atoms with Gasteiger partial charge in [0.05, 0.1) is 0 Å². The van der Waals surface area contributed by atoms with Crippen LogP contribution in [0.5, 0.6) is 0 Å². The molecule has 106 valence electrons. The lowest BCUT2D eigenvalue weighted by atomic mass is 10.2. The number of thiocarbonyl (C=S) groups is 1. The third-order valence-corrected chi connectivity index (χ3v) is 3.90. The predicted molar refractivity (Wildman–Crippen MR) is 83.0 cm³/mol. The number of hydrogen-bond donors (Lipinski definition) is 1. The van der Waals surface area contributed by atoms with Gasteiger partial charge in [-0.05, 0) is 45.6 Å². The fraction of sp³-hybridized carbons (Fsp3) is 0.929. The highest BCUT2D eigenvalue weighted by Gasteiger charge is 2.26. The molecule has 3 nitrogen and oxygen atoms in total. The highest BCUT2D eigenvalue weighted by molar-refractivity contribution is 7.80. The molecule has 0 radical (unpaired) electrons. The lowest BCUT2D eigenvalue weighted by Gasteiger charge is -2.29. The van der Waals surface area contributed by atoms with Crippen molar-refractivity contribution in [2.75, 3.05) is 33.7 Å². The fourth-order valence-electron chi connectivity index (χ4n) is 2.56. The molecule has 18 heavy (non-hydrogen) atoms. The van der Waals surface area contributed by atoms with Crippen LogP contribution in [0.3, 0.4) is 0 Å². The second-order valence-corrected chi connectivity index (χ2v) is 5.93. The average molecular weight is 271 g/mol. The number of likely N-dealkylation sites (tertiary alicyclic amines) is 1. The van der Waals surface area contributed by atoms with Crippen molar-refractivity contribution in [3.63, 3.8) is 0 Å². The summed E-state index contributed by atoms with van der Waals surface area (Å²) < 4.78 is 0. The number of hydrogen-bond acceptors (Lipinski definition) is 2. The van der Waals surface area contributed by atoms with Gasteiger partial charge in [-0.1, -0.05) is 26.2 Å². The molecule has 1 unspecified atom stereocenters. The Hall–Kier alpha value is -0.350. The molecular formula is C14H29N3S. The maximum Gasteiger partial charge on any atom is 0.169 e. The van der Waals surface area contributed by atoms with E-state index in [1.54, 1.807) is 0 Å². The van der Waals surface area contributed by atoms with Crippen LogP contribution in [0.1, 0.15) is 45.4 Å². The SMILES string of the molecule is CCCCCCNC(=S)N1CCCC1CN(C)C. The Labute approximate surface area is 118 Å². The zero-order valence-electron chi connectivity index (χ0n) is 12.2. The van der Waals surface area contributed by atoms with Gasteiger partial charge in [-0.3, -0.25) is 0 Å². The number of nitrogens with one attached hydrogen (secondary N) is 1. The standard InChI is InChI=1S/C14H29N3S/c1-4-5-6-7-10-15-14(18)17-11-8-9-13(17)12-16(2)3/h13H,4-12H2,1-3H3,(H,15,18). The van der Waals surface area contributed by atoms with Gasteiger partial charge in [0, 0.05) is 25.7 Å². The summed E-state index contributed by atoms with van der Waals surface area (Å²) in [6.45, 7) is 5.51. The number of rotatable bonds is 7. The zero-order valence-corrected chi connectivity index (χ0v) is 13.1. The van der Waals surface area contributed by atoms with Crippen molar-refractivity contribution in [3.05, 3.63) is 0 Å². The van der Waals surface area contributed by atoms with Crippen molar-refractivity contribution >= 4 is 17.3 Å². The molecule has 0 saturated carbocycles. The highest BCUT2D eigenvalue weighted by Crippen LogP contribution is 2.17. The van der Waals surface area contributed by atoms with Crippen LogP contribution in [0.25, 0.3) is 0 Å². The molecule has 1 saturated heterocycles. The smallest absolute Gasteiger partial charge is 0.169 e. The van der Waals surface area contributed by atoms with Crippen LogP contribution in [0.2, 0.25) is 0 Å². The molecule has 0 spiro atoms. The fourth-order valence-corrected chi connectivity index (χ4v) is 2.91. The monoisotopic (exact) mass is 271 g/mol. The Morgan fingerprint density at radius 2 is 2.11 bits per heavy atom. The zero-order chi connectivity index (χ0) is 13.4. The van der Waals surface area contributed by atoms with Crippen LogP contribution >= 0.6 is 12.2 Å². The van der Waals surface area contributed by atoms with E-state index in [-0.39, 0.29) is 0 Å². The second-order valence-electron chi connectivity index (χ2n) is 5.54. The Bertz CT molecular complexity index is 243. The Kier molecular flexibility index (Phi) is 7.59. The average Bonchev–Trinajstić information content (AvgIpc) is 2.76. The first-order chi connectivity index (χ1) is 8.65. The van der Waals surface area contributed by atoms with E-state index in [4.69, 9.17) is 12.2 Å². The molecule has 1 N–H and O–H groups in total. The van der Waals surface area contributed by atoms with Crippen LogP contribution in [0.4, 0.5) is 0 Å². The summed E-state index contributed by atoms with van der Waals surface area (Å²) >= 11 is 5.52. The number of nitrogens with zero attached hydrogens (tertiary/aromatic N) is 2. The minimum Gasteiger partial charge on any atom is -0.363 e. The molecule has 1 rings (SSSR count). The van der Waals surface area contributed by atoms with Gasteiger partial charge >= 0.3 is 0 Å². The molecule has 0 aromatic rings. The van der Waals surface area contributed by atoms with Crippen molar-refractivity contribution in [2.45, 2.75) is 51.5 Å². The molecule has 0 aliphatic carbocycles. The summed E-state index contributed by atoms with van der Waals surface area (Å²) in [5, 5.41) is 4.39. The lowest BCUT2D eigenvalue weighted by Crippen LogP contribution is -2.46. The van der Waals surface area contributed by atoms with Gasteiger partial charge in [0.2, 0.25) is 0 Å². The molecule has 1 aliphatic rings. The van der Waals surface area contributed by atoms with Crippen LogP contribution in [-0.2, 0) is 0 Å². The minimum atomic E-state index is 0.607. The quantitative estimate of drug-likeness (QED) is 0.566. The summed E-state index contributed by atoms with van der Waals surface area (Å²) in [5.41, 5.74) is 0. The van der Waals surface area contributed by atoms with Gasteiger partial charge < -0.3 is 15.1 Å². The Balaban J connectivity index is 2.23. The van der Waals surface area contributed by atoms with Crippen molar-refractivity contribution in [3.8, 4) is 0 Å². The van der Waals surface area contributed by atoms with Gasteiger partial charge in [0.15, 0.2) is 5.11 Å². The van der Waals surface area contributed by atoms with Gasteiger partial charge in [-0.25, -0.2) is 0 Å². The molecule has 0 aromatic heterocycles. The van der Waals surface area contributed by atoms with Crippen LogP contribution in [0, 0.1) is 0 Å². The normalized spacial score (nSPS) is 19.6. The Morgan fingerprint density at radius 1 is 1.33 bits per heavy atom. The summed E-state index contributed by atoms with van der Waals surface area (Å²) in [7, 11) is 4.27. The first-order valence-corrected chi connectivity index (χ1v) is 7.75. The van der Waals surface area contributed by atoms with E-state index in [2.05, 4.69) is 36.1 Å². The molecule has 4 heteroatoms. The van der Waals surface area contributed by atoms with E-state index in [1.165, 1.54) is 38.5 Å². The molecule has 0 bridgehead atoms. The van der Waals surface area contributed by atoms with E-state index >= 15 is 0 Å². The maximum atomic E-state index is 5.52. The van der Waals surface area contributed by atoms with Crippen molar-refractivity contribution in [1.82, 2.24) is 15.1 Å². The van der Waals surface area contributed by atoms with Gasteiger partial charge in [-0.2, -0.15) is 0 Å². The van der Waals surface area contributed by atoms with E-state index in [0.29, 0.717) is 6.04 Å². The maximum absolute atomic E-state index is 5.52. The molecule has 1 heterocycles. The topological polar surface area (TPSA) is 18.5 Å². The van der Waals surface area contributed by atoms with E-state index in [1.807, 2.05) is 0 Å². The first kappa shape index (κ1) is 15.7. The summed E-state index contributed by atoms with van der Waals surface area (Å²) in [6.07, 6.45) is 7.72. The van der Waals surface area contributed by atoms with Crippen LogP contribution in [-0.4, -0.2) is 54.7 Å². The van der Waals surface area contributed by atoms with E-state index in [9.17, 15) is 0 Å². The van der Waals surface area contributed by atoms with Gasteiger partial charge in [-0.15, -0.1) is 0 Å². The Morgan fingerprint density at radius 3 is 2.78 bits per heavy atom. The van der Waals surface area contributed by atoms with Crippen molar-refractivity contribution < 1.29 is 0 Å². The summed E-state index contributed by atoms with van der Waals surface area (Å²) in [6, 6.07) is 0.607. The van der Waals surface area contributed by atoms with Gasteiger partial charge in [0.1, 0.15) is 0 Å². The molecule has 0 amide bonds. The van der Waals surface area contributed by atoms with Crippen LogP contribution in [0.15, 0.2) is 0 Å². The summed E-state index contributed by atoms with van der Waals surface area (Å²) in [5.74, 6) is 0. The molecule has 1 atom stereocenters. The number of likely N-dealkylation sites (N-methyl/N-ethyl adjacent to an activating group) is 1. The van der Waals surface area contributed by atoms with Crippen LogP contribution < -0.4 is 5.32 Å². The molecule has 1 aliphatic heterocycles.